The van der Waals surface area contributed by atoms with Crippen LogP contribution in [-0.4, -0.2) is 29.9 Å². The van der Waals surface area contributed by atoms with E-state index in [1.807, 2.05) is 41.2 Å². The van der Waals surface area contributed by atoms with Crippen LogP contribution in [-0.2, 0) is 5.75 Å². The number of aryl methyl sites for hydroxylation is 1. The summed E-state index contributed by atoms with van der Waals surface area (Å²) >= 11 is 3.13. The summed E-state index contributed by atoms with van der Waals surface area (Å²) in [4.78, 5) is 7.87. The van der Waals surface area contributed by atoms with E-state index in [-0.39, 0.29) is 0 Å². The summed E-state index contributed by atoms with van der Waals surface area (Å²) in [6.07, 6.45) is 1.99. The second kappa shape index (κ2) is 8.34. The Bertz CT molecular complexity index is 1550. The molecule has 6 rings (SSSR count). The Labute approximate surface area is 197 Å². The Morgan fingerprint density at radius 2 is 2.03 bits per heavy atom. The molecular formula is C24H18N6OS2. The third-order valence-corrected chi connectivity index (χ3v) is 6.90. The fourth-order valence-corrected chi connectivity index (χ4v) is 5.16. The minimum Gasteiger partial charge on any atom is -0.360 e. The number of rotatable bonds is 6. The largest absolute Gasteiger partial charge is 0.360 e. The van der Waals surface area contributed by atoms with E-state index in [9.17, 15) is 0 Å². The molecule has 0 aliphatic carbocycles. The van der Waals surface area contributed by atoms with Gasteiger partial charge in [0.1, 0.15) is 0 Å². The van der Waals surface area contributed by atoms with Crippen LogP contribution in [0.4, 0.5) is 0 Å². The van der Waals surface area contributed by atoms with Crippen molar-refractivity contribution in [3.63, 3.8) is 0 Å². The predicted octanol–water partition coefficient (Wildman–Crippen LogP) is 6.13. The van der Waals surface area contributed by atoms with E-state index >= 15 is 0 Å². The number of aromatic amines is 1. The molecule has 0 saturated carbocycles. The predicted molar refractivity (Wildman–Crippen MR) is 131 cm³/mol. The van der Waals surface area contributed by atoms with Crippen molar-refractivity contribution in [3.05, 3.63) is 82.9 Å². The van der Waals surface area contributed by atoms with Gasteiger partial charge in [-0.3, -0.25) is 4.57 Å². The summed E-state index contributed by atoms with van der Waals surface area (Å²) in [7, 11) is 0. The molecule has 162 valence electrons. The topological polar surface area (TPSA) is 85.4 Å². The fraction of sp³-hybridized carbons (Fsp3) is 0.0833. The molecule has 1 N–H and O–H groups in total. The Morgan fingerprint density at radius 3 is 2.91 bits per heavy atom. The number of aromatic nitrogens is 6. The Balaban J connectivity index is 1.38. The number of benzene rings is 2. The SMILES string of the molecule is Cc1cccc(-n2c(SCc3noc(-c4ccsc4)n3)nnc2-c2c[nH]c3ccccc23)c1. The molecule has 0 fully saturated rings. The summed E-state index contributed by atoms with van der Waals surface area (Å²) < 4.78 is 7.52. The molecule has 0 radical (unpaired) electrons. The minimum atomic E-state index is 0.519. The van der Waals surface area contributed by atoms with E-state index < -0.39 is 0 Å². The van der Waals surface area contributed by atoms with Gasteiger partial charge in [0, 0.05) is 33.7 Å². The number of thiophene rings is 1. The quantitative estimate of drug-likeness (QED) is 0.295. The monoisotopic (exact) mass is 470 g/mol. The molecule has 0 unspecified atom stereocenters. The number of nitrogens with zero attached hydrogens (tertiary/aromatic N) is 5. The van der Waals surface area contributed by atoms with Crippen LogP contribution in [0, 0.1) is 6.92 Å². The van der Waals surface area contributed by atoms with E-state index in [0.29, 0.717) is 17.5 Å². The molecule has 4 aromatic heterocycles. The van der Waals surface area contributed by atoms with E-state index in [1.165, 1.54) is 17.3 Å². The van der Waals surface area contributed by atoms with Crippen molar-refractivity contribution in [2.75, 3.05) is 0 Å². The van der Waals surface area contributed by atoms with Gasteiger partial charge >= 0.3 is 0 Å². The highest BCUT2D eigenvalue weighted by Gasteiger charge is 2.20. The van der Waals surface area contributed by atoms with Crippen molar-refractivity contribution in [1.29, 1.82) is 0 Å². The minimum absolute atomic E-state index is 0.519. The highest BCUT2D eigenvalue weighted by molar-refractivity contribution is 7.98. The molecule has 7 nitrogen and oxygen atoms in total. The zero-order chi connectivity index (χ0) is 22.2. The van der Waals surface area contributed by atoms with Gasteiger partial charge in [-0.25, -0.2) is 0 Å². The molecule has 0 saturated heterocycles. The van der Waals surface area contributed by atoms with Crippen molar-refractivity contribution >= 4 is 34.0 Å². The highest BCUT2D eigenvalue weighted by Crippen LogP contribution is 2.33. The molecule has 6 aromatic rings. The first-order valence-corrected chi connectivity index (χ1v) is 12.3. The van der Waals surface area contributed by atoms with Crippen LogP contribution in [0.1, 0.15) is 11.4 Å². The van der Waals surface area contributed by atoms with Crippen molar-refractivity contribution in [3.8, 4) is 28.5 Å². The van der Waals surface area contributed by atoms with Gasteiger partial charge in [0.2, 0.25) is 0 Å². The van der Waals surface area contributed by atoms with Crippen LogP contribution in [0.2, 0.25) is 0 Å². The number of hydrogen-bond acceptors (Lipinski definition) is 7. The molecule has 33 heavy (non-hydrogen) atoms. The van der Waals surface area contributed by atoms with Crippen molar-refractivity contribution in [1.82, 2.24) is 29.9 Å². The first kappa shape index (κ1) is 20.0. The lowest BCUT2D eigenvalue weighted by Gasteiger charge is -2.10. The summed E-state index contributed by atoms with van der Waals surface area (Å²) in [5.74, 6) is 2.46. The second-order valence-electron chi connectivity index (χ2n) is 7.54. The molecule has 2 aromatic carbocycles. The number of nitrogens with one attached hydrogen (secondary N) is 1. The van der Waals surface area contributed by atoms with Gasteiger partial charge in [0.05, 0.1) is 11.3 Å². The maximum absolute atomic E-state index is 5.43. The first-order valence-electron chi connectivity index (χ1n) is 10.3. The van der Waals surface area contributed by atoms with Crippen LogP contribution >= 0.6 is 23.1 Å². The molecule has 0 atom stereocenters. The summed E-state index contributed by atoms with van der Waals surface area (Å²) in [6.45, 7) is 2.08. The number of thioether (sulfide) groups is 1. The van der Waals surface area contributed by atoms with Gasteiger partial charge in [-0.1, -0.05) is 47.3 Å². The van der Waals surface area contributed by atoms with E-state index in [2.05, 4.69) is 67.1 Å². The first-order chi connectivity index (χ1) is 16.3. The van der Waals surface area contributed by atoms with Crippen LogP contribution < -0.4 is 0 Å². The van der Waals surface area contributed by atoms with Crippen LogP contribution in [0.25, 0.3) is 39.4 Å². The lowest BCUT2D eigenvalue weighted by molar-refractivity contribution is 0.425. The number of H-pyrrole nitrogens is 1. The molecule has 9 heteroatoms. The Kier molecular flexibility index (Phi) is 5.04. The molecule has 0 aliphatic rings. The Morgan fingerprint density at radius 1 is 1.09 bits per heavy atom. The van der Waals surface area contributed by atoms with Crippen LogP contribution in [0.5, 0.6) is 0 Å². The molecule has 0 spiro atoms. The normalized spacial score (nSPS) is 11.4. The zero-order valence-corrected chi connectivity index (χ0v) is 19.2. The lowest BCUT2D eigenvalue weighted by atomic mass is 10.1. The molecule has 0 bridgehead atoms. The van der Waals surface area contributed by atoms with Crippen molar-refractivity contribution in [2.24, 2.45) is 0 Å². The van der Waals surface area contributed by atoms with Gasteiger partial charge in [-0.05, 0) is 42.1 Å². The van der Waals surface area contributed by atoms with Crippen LogP contribution in [0.15, 0.2) is 81.2 Å². The van der Waals surface area contributed by atoms with Crippen molar-refractivity contribution in [2.45, 2.75) is 17.8 Å². The van der Waals surface area contributed by atoms with Gasteiger partial charge in [0.25, 0.3) is 5.89 Å². The smallest absolute Gasteiger partial charge is 0.258 e. The average Bonchev–Trinajstić information content (AvgIpc) is 3.63. The van der Waals surface area contributed by atoms with E-state index in [0.717, 1.165) is 38.7 Å². The summed E-state index contributed by atoms with van der Waals surface area (Å²) in [5.41, 5.74) is 5.18. The Hall–Kier alpha value is -3.69. The van der Waals surface area contributed by atoms with Gasteiger partial charge in [-0.15, -0.1) is 10.2 Å². The number of fused-ring (bicyclic) bond motifs is 1. The fourth-order valence-electron chi connectivity index (χ4n) is 3.74. The molecule has 4 heterocycles. The molecular weight excluding hydrogens is 452 g/mol. The maximum atomic E-state index is 5.43. The van der Waals surface area contributed by atoms with Gasteiger partial charge in [0.15, 0.2) is 16.8 Å². The summed E-state index contributed by atoms with van der Waals surface area (Å²) in [6, 6.07) is 18.5. The highest BCUT2D eigenvalue weighted by atomic mass is 32.2. The molecule has 0 aliphatic heterocycles. The molecule has 0 amide bonds. The van der Waals surface area contributed by atoms with Gasteiger partial charge < -0.3 is 9.51 Å². The average molecular weight is 471 g/mol. The third kappa shape index (κ3) is 3.75. The van der Waals surface area contributed by atoms with Crippen molar-refractivity contribution < 1.29 is 4.52 Å². The third-order valence-electron chi connectivity index (χ3n) is 5.29. The van der Waals surface area contributed by atoms with E-state index in [4.69, 9.17) is 4.52 Å². The summed E-state index contributed by atoms with van der Waals surface area (Å²) in [5, 5.41) is 19.1. The van der Waals surface area contributed by atoms with Gasteiger partial charge in [-0.2, -0.15) is 16.3 Å². The standard InChI is InChI=1S/C24H18N6OS2/c1-15-5-4-6-17(11-15)30-22(19-12-25-20-8-3-2-7-18(19)20)27-28-24(30)33-14-21-26-23(31-29-21)16-9-10-32-13-16/h2-13,25H,14H2,1H3. The maximum Gasteiger partial charge on any atom is 0.258 e. The number of para-hydroxylation sites is 1. The van der Waals surface area contributed by atoms with Crippen LogP contribution in [0.3, 0.4) is 0 Å². The second-order valence-corrected chi connectivity index (χ2v) is 9.27. The van der Waals surface area contributed by atoms with E-state index in [1.54, 1.807) is 11.3 Å². The zero-order valence-electron chi connectivity index (χ0n) is 17.6. The lowest BCUT2D eigenvalue weighted by Crippen LogP contribution is -2.00. The number of hydrogen-bond donors (Lipinski definition) is 1.